The summed E-state index contributed by atoms with van der Waals surface area (Å²) in [5, 5.41) is 0. The van der Waals surface area contributed by atoms with E-state index in [2.05, 4.69) is 15.9 Å². The summed E-state index contributed by atoms with van der Waals surface area (Å²) in [7, 11) is -3.91. The summed E-state index contributed by atoms with van der Waals surface area (Å²) >= 11 is 4.35. The summed E-state index contributed by atoms with van der Waals surface area (Å²) in [6, 6.07) is 0.177. The maximum Gasteiger partial charge on any atom is 0.390 e. The number of hydrogen-bond donors (Lipinski definition) is 1. The number of sulfonamides is 1. The molecule has 18 heavy (non-hydrogen) atoms. The highest BCUT2D eigenvalue weighted by molar-refractivity contribution is 9.11. The molecule has 1 unspecified atom stereocenters. The highest BCUT2D eigenvalue weighted by Crippen LogP contribution is 2.30. The van der Waals surface area contributed by atoms with Crippen LogP contribution in [0.3, 0.4) is 0 Å². The Kier molecular flexibility index (Phi) is 4.85. The minimum absolute atomic E-state index is 0.00778. The highest BCUT2D eigenvalue weighted by Gasteiger charge is 2.32. The van der Waals surface area contributed by atoms with Crippen molar-refractivity contribution in [2.75, 3.05) is 0 Å². The van der Waals surface area contributed by atoms with Gasteiger partial charge < -0.3 is 0 Å². The first-order chi connectivity index (χ1) is 8.01. The maximum atomic E-state index is 12.1. The molecule has 0 fully saturated rings. The van der Waals surface area contributed by atoms with Gasteiger partial charge >= 0.3 is 6.18 Å². The van der Waals surface area contributed by atoms with E-state index in [0.29, 0.717) is 8.66 Å². The fourth-order valence-corrected chi connectivity index (χ4v) is 5.07. The Morgan fingerprint density at radius 3 is 2.44 bits per heavy atom. The first-order valence-electron chi connectivity index (χ1n) is 4.86. The lowest BCUT2D eigenvalue weighted by atomic mass is 10.2. The molecule has 9 heteroatoms. The van der Waals surface area contributed by atoms with Gasteiger partial charge in [-0.1, -0.05) is 0 Å². The molecule has 0 radical (unpaired) electrons. The minimum atomic E-state index is -4.40. The third-order valence-electron chi connectivity index (χ3n) is 2.03. The topological polar surface area (TPSA) is 46.2 Å². The molecule has 0 aliphatic rings. The quantitative estimate of drug-likeness (QED) is 0.888. The van der Waals surface area contributed by atoms with Crippen LogP contribution >= 0.6 is 27.3 Å². The average Bonchev–Trinajstić information content (AvgIpc) is 2.40. The van der Waals surface area contributed by atoms with Crippen molar-refractivity contribution < 1.29 is 21.6 Å². The van der Waals surface area contributed by atoms with Gasteiger partial charge in [0.2, 0.25) is 10.0 Å². The van der Waals surface area contributed by atoms with Crippen LogP contribution in [0.1, 0.15) is 18.2 Å². The number of rotatable bonds is 4. The molecule has 0 spiro atoms. The fraction of sp³-hybridized carbons (Fsp3) is 0.556. The van der Waals surface area contributed by atoms with Crippen molar-refractivity contribution in [3.63, 3.8) is 0 Å². The fourth-order valence-electron chi connectivity index (χ4n) is 1.41. The lowest BCUT2D eigenvalue weighted by molar-refractivity contribution is -0.137. The second-order valence-corrected chi connectivity index (χ2v) is 8.13. The Morgan fingerprint density at radius 2 is 2.06 bits per heavy atom. The maximum absolute atomic E-state index is 12.1. The Balaban J connectivity index is 2.86. The van der Waals surface area contributed by atoms with E-state index in [1.807, 2.05) is 4.72 Å². The normalized spacial score (nSPS) is 14.8. The van der Waals surface area contributed by atoms with E-state index in [4.69, 9.17) is 0 Å². The van der Waals surface area contributed by atoms with Crippen molar-refractivity contribution in [3.8, 4) is 0 Å². The van der Waals surface area contributed by atoms with Crippen molar-refractivity contribution in [1.29, 1.82) is 0 Å². The SMILES string of the molecule is Cc1sc(Br)cc1S(=O)(=O)NC(C)CC(F)(F)F. The predicted octanol–water partition coefficient (Wildman–Crippen LogP) is 3.44. The van der Waals surface area contributed by atoms with Crippen molar-refractivity contribution in [2.24, 2.45) is 0 Å². The van der Waals surface area contributed by atoms with Crippen LogP contribution < -0.4 is 4.72 Å². The summed E-state index contributed by atoms with van der Waals surface area (Å²) < 4.78 is 62.8. The molecule has 0 bridgehead atoms. The molecular formula is C9H11BrF3NO2S2. The highest BCUT2D eigenvalue weighted by atomic mass is 79.9. The molecule has 104 valence electrons. The van der Waals surface area contributed by atoms with Gasteiger partial charge in [0.15, 0.2) is 0 Å². The minimum Gasteiger partial charge on any atom is -0.208 e. The van der Waals surface area contributed by atoms with E-state index in [9.17, 15) is 21.6 Å². The van der Waals surface area contributed by atoms with E-state index in [1.54, 1.807) is 6.92 Å². The number of nitrogens with one attached hydrogen (secondary N) is 1. The number of hydrogen-bond acceptors (Lipinski definition) is 3. The zero-order valence-electron chi connectivity index (χ0n) is 9.51. The molecule has 0 saturated heterocycles. The number of aryl methyl sites for hydroxylation is 1. The molecule has 0 aliphatic carbocycles. The first kappa shape index (κ1) is 15.9. The molecule has 0 saturated carbocycles. The molecule has 0 aromatic carbocycles. The summed E-state index contributed by atoms with van der Waals surface area (Å²) in [4.78, 5) is 0.530. The Bertz CT molecular complexity index is 524. The van der Waals surface area contributed by atoms with E-state index in [-0.39, 0.29) is 4.90 Å². The van der Waals surface area contributed by atoms with Crippen molar-refractivity contribution in [2.45, 2.75) is 37.4 Å². The summed E-state index contributed by atoms with van der Waals surface area (Å²) in [5.74, 6) is 0. The van der Waals surface area contributed by atoms with Gasteiger partial charge in [-0.3, -0.25) is 0 Å². The molecular weight excluding hydrogens is 355 g/mol. The van der Waals surface area contributed by atoms with Crippen LogP contribution in [0.4, 0.5) is 13.2 Å². The van der Waals surface area contributed by atoms with Gasteiger partial charge in [0, 0.05) is 10.9 Å². The van der Waals surface area contributed by atoms with Gasteiger partial charge in [-0.2, -0.15) is 13.2 Å². The third-order valence-corrected chi connectivity index (χ3v) is 5.42. The van der Waals surface area contributed by atoms with E-state index < -0.39 is 28.7 Å². The van der Waals surface area contributed by atoms with Crippen molar-refractivity contribution >= 4 is 37.3 Å². The van der Waals surface area contributed by atoms with Crippen LogP contribution in [0.15, 0.2) is 14.7 Å². The molecule has 1 rings (SSSR count). The zero-order valence-corrected chi connectivity index (χ0v) is 12.7. The van der Waals surface area contributed by atoms with Gasteiger partial charge in [-0.05, 0) is 35.8 Å². The Labute approximate surface area is 116 Å². The number of alkyl halides is 3. The van der Waals surface area contributed by atoms with Gasteiger partial charge in [0.1, 0.15) is 0 Å². The van der Waals surface area contributed by atoms with Crippen LogP contribution in [-0.2, 0) is 10.0 Å². The molecule has 1 N–H and O–H groups in total. The second kappa shape index (κ2) is 5.48. The molecule has 1 aromatic rings. The first-order valence-corrected chi connectivity index (χ1v) is 7.95. The van der Waals surface area contributed by atoms with Crippen LogP contribution in [0.5, 0.6) is 0 Å². The number of halogens is 4. The van der Waals surface area contributed by atoms with Gasteiger partial charge in [0.25, 0.3) is 0 Å². The molecule has 1 aromatic heterocycles. The monoisotopic (exact) mass is 365 g/mol. The van der Waals surface area contributed by atoms with Crippen molar-refractivity contribution in [3.05, 3.63) is 14.7 Å². The predicted molar refractivity (Wildman–Crippen MR) is 67.2 cm³/mol. The van der Waals surface area contributed by atoms with Gasteiger partial charge in [-0.25, -0.2) is 13.1 Å². The summed E-state index contributed by atoms with van der Waals surface area (Å²) in [6.07, 6.45) is -5.59. The van der Waals surface area contributed by atoms with E-state index in [1.165, 1.54) is 24.3 Å². The largest absolute Gasteiger partial charge is 0.390 e. The number of thiophene rings is 1. The van der Waals surface area contributed by atoms with Crippen LogP contribution in [0, 0.1) is 6.92 Å². The van der Waals surface area contributed by atoms with Crippen LogP contribution in [0.2, 0.25) is 0 Å². The van der Waals surface area contributed by atoms with Crippen molar-refractivity contribution in [1.82, 2.24) is 4.72 Å². The van der Waals surface area contributed by atoms with Crippen LogP contribution in [0.25, 0.3) is 0 Å². The van der Waals surface area contributed by atoms with E-state index in [0.717, 1.165) is 0 Å². The zero-order chi connectivity index (χ0) is 14.1. The molecule has 0 amide bonds. The summed E-state index contributed by atoms with van der Waals surface area (Å²) in [6.45, 7) is 2.78. The standard InChI is InChI=1S/C9H11BrF3NO2S2/c1-5(4-9(11,12)13)14-18(15,16)7-3-8(10)17-6(7)2/h3,5,14H,4H2,1-2H3. The molecule has 1 heterocycles. The molecule has 0 aliphatic heterocycles. The Morgan fingerprint density at radius 1 is 1.50 bits per heavy atom. The van der Waals surface area contributed by atoms with Gasteiger partial charge in [-0.15, -0.1) is 11.3 Å². The lowest BCUT2D eigenvalue weighted by Crippen LogP contribution is -2.36. The van der Waals surface area contributed by atoms with Gasteiger partial charge in [0.05, 0.1) is 15.1 Å². The summed E-state index contributed by atoms with van der Waals surface area (Å²) in [5.41, 5.74) is 0. The second-order valence-electron chi connectivity index (χ2n) is 3.81. The van der Waals surface area contributed by atoms with Crippen LogP contribution in [-0.4, -0.2) is 20.6 Å². The third kappa shape index (κ3) is 4.52. The molecule has 1 atom stereocenters. The smallest absolute Gasteiger partial charge is 0.208 e. The Hall–Kier alpha value is -0.120. The molecule has 3 nitrogen and oxygen atoms in total. The average molecular weight is 366 g/mol. The lowest BCUT2D eigenvalue weighted by Gasteiger charge is -2.15. The van der Waals surface area contributed by atoms with E-state index >= 15 is 0 Å².